The number of aromatic nitrogens is 1. The smallest absolute Gasteiger partial charge is 0.312 e. The maximum absolute atomic E-state index is 12.5. The molecule has 1 unspecified atom stereocenters. The lowest BCUT2D eigenvalue weighted by Crippen LogP contribution is -2.10. The lowest BCUT2D eigenvalue weighted by molar-refractivity contribution is -0.138. The van der Waals surface area contributed by atoms with Gasteiger partial charge in [-0.1, -0.05) is 11.6 Å². The molecule has 0 aromatic carbocycles. The van der Waals surface area contributed by atoms with Crippen LogP contribution in [0.25, 0.3) is 0 Å². The van der Waals surface area contributed by atoms with E-state index in [1.54, 1.807) is 17.6 Å². The number of hydrogen-bond acceptors (Lipinski definition) is 3. The Morgan fingerprint density at radius 3 is 2.80 bits per heavy atom. The van der Waals surface area contributed by atoms with E-state index in [-0.39, 0.29) is 11.5 Å². The van der Waals surface area contributed by atoms with Crippen LogP contribution in [0.15, 0.2) is 22.8 Å². The zero-order valence-electron chi connectivity index (χ0n) is 10.7. The first-order chi connectivity index (χ1) is 9.49. The van der Waals surface area contributed by atoms with Gasteiger partial charge in [-0.05, 0) is 25.0 Å². The third kappa shape index (κ3) is 1.86. The number of halogens is 1. The van der Waals surface area contributed by atoms with E-state index in [1.807, 2.05) is 0 Å². The Morgan fingerprint density at radius 2 is 2.20 bits per heavy atom. The molecule has 1 aliphatic rings. The number of hydrogen-bond donors (Lipinski definition) is 1. The summed E-state index contributed by atoms with van der Waals surface area (Å²) < 4.78 is 6.90. The van der Waals surface area contributed by atoms with E-state index in [0.717, 1.165) is 5.56 Å². The zero-order valence-corrected chi connectivity index (χ0v) is 11.5. The van der Waals surface area contributed by atoms with Gasteiger partial charge in [0.15, 0.2) is 5.76 Å². The monoisotopic (exact) mass is 293 g/mol. The summed E-state index contributed by atoms with van der Waals surface area (Å²) >= 11 is 5.76. The number of nitrogens with zero attached hydrogens (tertiary/aromatic N) is 1. The van der Waals surface area contributed by atoms with Gasteiger partial charge in [0.2, 0.25) is 5.78 Å². The van der Waals surface area contributed by atoms with Crippen molar-refractivity contribution in [3.63, 3.8) is 0 Å². The standard InChI is InChI=1S/C14H12ClNO4/c1-7-4-10-9(14(18)19)2-3-16(10)12(7)13(17)11-5-8(15)6-20-11/h4-6,9H,2-3H2,1H3,(H,18,19). The molecular formula is C14H12ClNO4. The Balaban J connectivity index is 2.06. The van der Waals surface area contributed by atoms with Gasteiger partial charge >= 0.3 is 5.97 Å². The molecular weight excluding hydrogens is 282 g/mol. The first-order valence-corrected chi connectivity index (χ1v) is 6.58. The summed E-state index contributed by atoms with van der Waals surface area (Å²) in [5.41, 5.74) is 1.91. The second-order valence-corrected chi connectivity index (χ2v) is 5.33. The number of carbonyl (C=O) groups is 2. The van der Waals surface area contributed by atoms with Gasteiger partial charge in [-0.2, -0.15) is 0 Å². The van der Waals surface area contributed by atoms with Crippen molar-refractivity contribution in [2.45, 2.75) is 25.8 Å². The lowest BCUT2D eigenvalue weighted by atomic mass is 10.0. The van der Waals surface area contributed by atoms with Crippen LogP contribution in [-0.2, 0) is 11.3 Å². The number of carboxylic acids is 1. The molecule has 104 valence electrons. The summed E-state index contributed by atoms with van der Waals surface area (Å²) in [7, 11) is 0. The molecule has 1 aliphatic heterocycles. The zero-order chi connectivity index (χ0) is 14.4. The van der Waals surface area contributed by atoms with Crippen molar-refractivity contribution in [1.82, 2.24) is 4.57 Å². The molecule has 2 aromatic rings. The van der Waals surface area contributed by atoms with Gasteiger partial charge < -0.3 is 14.1 Å². The summed E-state index contributed by atoms with van der Waals surface area (Å²) in [6.07, 6.45) is 1.81. The predicted octanol–water partition coefficient (Wildman–Crippen LogP) is 2.85. The summed E-state index contributed by atoms with van der Waals surface area (Å²) in [4.78, 5) is 23.7. The Kier molecular flexibility index (Phi) is 2.94. The predicted molar refractivity (Wildman–Crippen MR) is 71.3 cm³/mol. The van der Waals surface area contributed by atoms with Gasteiger partial charge in [0.05, 0.1) is 16.6 Å². The number of carboxylic acid groups (broad SMARTS) is 1. The first kappa shape index (κ1) is 13.0. The Hall–Kier alpha value is -2.01. The minimum atomic E-state index is -0.860. The molecule has 6 heteroatoms. The van der Waals surface area contributed by atoms with Crippen LogP contribution in [0.3, 0.4) is 0 Å². The topological polar surface area (TPSA) is 72.4 Å². The molecule has 0 saturated heterocycles. The average molecular weight is 294 g/mol. The van der Waals surface area contributed by atoms with Crippen LogP contribution in [0.2, 0.25) is 5.02 Å². The number of aliphatic carboxylic acids is 1. The number of fused-ring (bicyclic) bond motifs is 1. The van der Waals surface area contributed by atoms with Crippen LogP contribution >= 0.6 is 11.6 Å². The molecule has 1 N–H and O–H groups in total. The molecule has 0 spiro atoms. The largest absolute Gasteiger partial charge is 0.481 e. The molecule has 1 atom stereocenters. The first-order valence-electron chi connectivity index (χ1n) is 6.20. The second-order valence-electron chi connectivity index (χ2n) is 4.89. The Labute approximate surface area is 119 Å². The van der Waals surface area contributed by atoms with Gasteiger partial charge in [0, 0.05) is 18.3 Å². The lowest BCUT2D eigenvalue weighted by Gasteiger charge is -2.04. The highest BCUT2D eigenvalue weighted by Crippen LogP contribution is 2.34. The fourth-order valence-electron chi connectivity index (χ4n) is 2.75. The number of carbonyl (C=O) groups excluding carboxylic acids is 1. The van der Waals surface area contributed by atoms with Crippen molar-refractivity contribution in [2.75, 3.05) is 0 Å². The maximum atomic E-state index is 12.5. The van der Waals surface area contributed by atoms with Crippen LogP contribution in [0.4, 0.5) is 0 Å². The maximum Gasteiger partial charge on any atom is 0.312 e. The molecule has 0 saturated carbocycles. The van der Waals surface area contributed by atoms with Gasteiger partial charge in [0.1, 0.15) is 6.26 Å². The van der Waals surface area contributed by atoms with E-state index in [1.165, 1.54) is 12.3 Å². The molecule has 5 nitrogen and oxygen atoms in total. The molecule has 0 bridgehead atoms. The fraction of sp³-hybridized carbons (Fsp3) is 0.286. The molecule has 2 aromatic heterocycles. The van der Waals surface area contributed by atoms with Crippen LogP contribution in [0, 0.1) is 6.92 Å². The Morgan fingerprint density at radius 1 is 1.45 bits per heavy atom. The van der Waals surface area contributed by atoms with Crippen LogP contribution in [-0.4, -0.2) is 21.4 Å². The van der Waals surface area contributed by atoms with Gasteiger partial charge in [-0.25, -0.2) is 0 Å². The number of aryl methyl sites for hydroxylation is 1. The van der Waals surface area contributed by atoms with E-state index >= 15 is 0 Å². The van der Waals surface area contributed by atoms with Crippen LogP contribution in [0.5, 0.6) is 0 Å². The van der Waals surface area contributed by atoms with Gasteiger partial charge in [-0.15, -0.1) is 0 Å². The summed E-state index contributed by atoms with van der Waals surface area (Å²) in [5, 5.41) is 9.55. The van der Waals surface area contributed by atoms with E-state index in [4.69, 9.17) is 16.0 Å². The molecule has 3 rings (SSSR count). The van der Waals surface area contributed by atoms with E-state index in [2.05, 4.69) is 0 Å². The Bertz CT molecular complexity index is 713. The average Bonchev–Trinajstić information content (AvgIpc) is 3.02. The molecule has 0 amide bonds. The SMILES string of the molecule is Cc1cc2n(c1C(=O)c1cc(Cl)co1)CCC2C(=O)O. The van der Waals surface area contributed by atoms with E-state index < -0.39 is 11.9 Å². The van der Waals surface area contributed by atoms with Crippen molar-refractivity contribution in [2.24, 2.45) is 0 Å². The van der Waals surface area contributed by atoms with Crippen molar-refractivity contribution in [3.8, 4) is 0 Å². The summed E-state index contributed by atoms with van der Waals surface area (Å²) in [6, 6.07) is 3.23. The van der Waals surface area contributed by atoms with Crippen molar-refractivity contribution < 1.29 is 19.1 Å². The normalized spacial score (nSPS) is 17.2. The molecule has 0 aliphatic carbocycles. The molecule has 20 heavy (non-hydrogen) atoms. The molecule has 3 heterocycles. The number of furan rings is 1. The highest BCUT2D eigenvalue weighted by Gasteiger charge is 2.33. The van der Waals surface area contributed by atoms with Crippen molar-refractivity contribution >= 4 is 23.4 Å². The quantitative estimate of drug-likeness (QED) is 0.883. The highest BCUT2D eigenvalue weighted by molar-refractivity contribution is 6.31. The van der Waals surface area contributed by atoms with Crippen LogP contribution in [0.1, 0.15) is 39.8 Å². The van der Waals surface area contributed by atoms with E-state index in [0.29, 0.717) is 29.4 Å². The molecule has 0 radical (unpaired) electrons. The minimum absolute atomic E-state index is 0.165. The third-order valence-electron chi connectivity index (χ3n) is 3.62. The van der Waals surface area contributed by atoms with Gasteiger partial charge in [0.25, 0.3) is 0 Å². The molecule has 0 fully saturated rings. The van der Waals surface area contributed by atoms with Gasteiger partial charge in [-0.3, -0.25) is 9.59 Å². The fourth-order valence-corrected chi connectivity index (χ4v) is 2.89. The van der Waals surface area contributed by atoms with Crippen LogP contribution < -0.4 is 0 Å². The van der Waals surface area contributed by atoms with E-state index in [9.17, 15) is 14.7 Å². The second kappa shape index (κ2) is 4.52. The number of rotatable bonds is 3. The third-order valence-corrected chi connectivity index (χ3v) is 3.82. The summed E-state index contributed by atoms with van der Waals surface area (Å²) in [5.74, 6) is -1.51. The summed E-state index contributed by atoms with van der Waals surface area (Å²) in [6.45, 7) is 2.32. The van der Waals surface area contributed by atoms with Crippen molar-refractivity contribution in [3.05, 3.63) is 46.1 Å². The van der Waals surface area contributed by atoms with Crippen molar-refractivity contribution in [1.29, 1.82) is 0 Å². The highest BCUT2D eigenvalue weighted by atomic mass is 35.5. The number of ketones is 1. The minimum Gasteiger partial charge on any atom is -0.481 e.